The fraction of sp³-hybridized carbons (Fsp3) is 0.889. The van der Waals surface area contributed by atoms with Crippen molar-refractivity contribution in [3.8, 4) is 0 Å². The van der Waals surface area contributed by atoms with Gasteiger partial charge in [-0.2, -0.15) is 0 Å². The number of hydrogen-bond donors (Lipinski definition) is 2. The summed E-state index contributed by atoms with van der Waals surface area (Å²) in [7, 11) is 1.65. The Hall–Kier alpha value is -1.10. The van der Waals surface area contributed by atoms with E-state index >= 15 is 0 Å². The summed E-state index contributed by atoms with van der Waals surface area (Å²) in [4.78, 5) is 25.0. The minimum Gasteiger partial charge on any atom is -0.385 e. The molecule has 0 aromatic heterocycles. The monoisotopic (exact) mass is 326 g/mol. The highest BCUT2D eigenvalue weighted by atomic mass is 16.5. The van der Waals surface area contributed by atoms with Crippen LogP contribution in [0.15, 0.2) is 0 Å². The van der Waals surface area contributed by atoms with Gasteiger partial charge in [0.1, 0.15) is 6.04 Å². The Kier molecular flexibility index (Phi) is 9.22. The molecule has 134 valence electrons. The molecule has 4 atom stereocenters. The zero-order chi connectivity index (χ0) is 17.2. The molecule has 5 heteroatoms. The second kappa shape index (κ2) is 10.6. The maximum absolute atomic E-state index is 12.6. The first-order valence-corrected chi connectivity index (χ1v) is 9.08. The van der Waals surface area contributed by atoms with Crippen LogP contribution in [0.5, 0.6) is 0 Å². The van der Waals surface area contributed by atoms with Crippen LogP contribution in [0, 0.1) is 17.8 Å². The molecule has 1 saturated carbocycles. The Morgan fingerprint density at radius 3 is 2.57 bits per heavy atom. The molecule has 0 aromatic carbocycles. The van der Waals surface area contributed by atoms with Gasteiger partial charge in [-0.25, -0.2) is 0 Å². The predicted octanol–water partition coefficient (Wildman–Crippen LogP) is 2.50. The fourth-order valence-corrected chi connectivity index (χ4v) is 3.21. The smallest absolute Gasteiger partial charge is 0.242 e. The van der Waals surface area contributed by atoms with Crippen molar-refractivity contribution in [3.63, 3.8) is 0 Å². The van der Waals surface area contributed by atoms with Crippen molar-refractivity contribution in [1.29, 1.82) is 0 Å². The number of ether oxygens (including phenoxy) is 1. The third-order valence-corrected chi connectivity index (χ3v) is 5.07. The van der Waals surface area contributed by atoms with E-state index in [-0.39, 0.29) is 23.7 Å². The maximum atomic E-state index is 12.6. The van der Waals surface area contributed by atoms with Gasteiger partial charge in [-0.1, -0.05) is 40.0 Å². The van der Waals surface area contributed by atoms with Gasteiger partial charge in [-0.05, 0) is 31.1 Å². The van der Waals surface area contributed by atoms with Crippen molar-refractivity contribution in [2.75, 3.05) is 20.3 Å². The van der Waals surface area contributed by atoms with Crippen molar-refractivity contribution >= 4 is 11.8 Å². The van der Waals surface area contributed by atoms with E-state index in [0.29, 0.717) is 19.1 Å². The first-order valence-electron chi connectivity index (χ1n) is 9.08. The Balaban J connectivity index is 2.59. The second-order valence-corrected chi connectivity index (χ2v) is 6.88. The van der Waals surface area contributed by atoms with Crippen LogP contribution in [0.2, 0.25) is 0 Å². The molecule has 0 aromatic rings. The molecule has 1 aliphatic carbocycles. The van der Waals surface area contributed by atoms with E-state index in [0.717, 1.165) is 32.1 Å². The van der Waals surface area contributed by atoms with E-state index in [1.807, 2.05) is 13.8 Å². The Labute approximate surface area is 140 Å². The summed E-state index contributed by atoms with van der Waals surface area (Å²) in [5.41, 5.74) is 0. The van der Waals surface area contributed by atoms with Crippen molar-refractivity contribution in [1.82, 2.24) is 10.6 Å². The molecule has 0 spiro atoms. The van der Waals surface area contributed by atoms with Gasteiger partial charge < -0.3 is 15.4 Å². The van der Waals surface area contributed by atoms with Crippen LogP contribution in [0.1, 0.15) is 59.3 Å². The van der Waals surface area contributed by atoms with E-state index in [9.17, 15) is 9.59 Å². The molecule has 2 N–H and O–H groups in total. The number of amides is 2. The summed E-state index contributed by atoms with van der Waals surface area (Å²) in [5, 5.41) is 5.94. The van der Waals surface area contributed by atoms with Crippen molar-refractivity contribution in [2.45, 2.75) is 65.3 Å². The van der Waals surface area contributed by atoms with Gasteiger partial charge in [0.25, 0.3) is 0 Å². The molecule has 4 unspecified atom stereocenters. The lowest BCUT2D eigenvalue weighted by Gasteiger charge is -2.31. The number of carbonyl (C=O) groups excluding carboxylic acids is 2. The number of methoxy groups -OCH3 is 1. The SMILES string of the molecule is CCC(C)C(NC(=O)C1CCCCC1C)C(=O)NCCCOC. The van der Waals surface area contributed by atoms with Crippen molar-refractivity contribution < 1.29 is 14.3 Å². The van der Waals surface area contributed by atoms with Crippen LogP contribution in [0.3, 0.4) is 0 Å². The zero-order valence-electron chi connectivity index (χ0n) is 15.2. The zero-order valence-corrected chi connectivity index (χ0v) is 15.2. The number of carbonyl (C=O) groups is 2. The first-order chi connectivity index (χ1) is 11.0. The van der Waals surface area contributed by atoms with Crippen LogP contribution in [-0.4, -0.2) is 38.1 Å². The molecule has 1 aliphatic rings. The number of rotatable bonds is 9. The molecule has 0 radical (unpaired) electrons. The Morgan fingerprint density at radius 1 is 1.26 bits per heavy atom. The normalized spacial score (nSPS) is 23.8. The summed E-state index contributed by atoms with van der Waals surface area (Å²) in [6, 6.07) is -0.441. The van der Waals surface area contributed by atoms with Gasteiger partial charge in [0.05, 0.1) is 0 Å². The van der Waals surface area contributed by atoms with Gasteiger partial charge in [-0.3, -0.25) is 9.59 Å². The fourth-order valence-electron chi connectivity index (χ4n) is 3.21. The third kappa shape index (κ3) is 6.50. The molecule has 2 amide bonds. The lowest BCUT2D eigenvalue weighted by atomic mass is 9.79. The number of nitrogens with one attached hydrogen (secondary N) is 2. The van der Waals surface area contributed by atoms with Crippen LogP contribution in [0.4, 0.5) is 0 Å². The first kappa shape index (κ1) is 19.9. The van der Waals surface area contributed by atoms with Gasteiger partial charge in [-0.15, -0.1) is 0 Å². The maximum Gasteiger partial charge on any atom is 0.242 e. The summed E-state index contributed by atoms with van der Waals surface area (Å²) < 4.78 is 4.99. The molecule has 1 fully saturated rings. The molecular weight excluding hydrogens is 292 g/mol. The summed E-state index contributed by atoms with van der Waals surface area (Å²) >= 11 is 0. The van der Waals surface area contributed by atoms with Gasteiger partial charge in [0.15, 0.2) is 0 Å². The average molecular weight is 326 g/mol. The molecule has 0 aliphatic heterocycles. The minimum atomic E-state index is -0.441. The Bertz CT molecular complexity index is 373. The molecule has 5 nitrogen and oxygen atoms in total. The minimum absolute atomic E-state index is 0.0505. The van der Waals surface area contributed by atoms with Crippen LogP contribution >= 0.6 is 0 Å². The summed E-state index contributed by atoms with van der Waals surface area (Å²) in [6.07, 6.45) is 6.00. The third-order valence-electron chi connectivity index (χ3n) is 5.07. The van der Waals surface area contributed by atoms with Crippen molar-refractivity contribution in [2.24, 2.45) is 17.8 Å². The topological polar surface area (TPSA) is 67.4 Å². The molecular formula is C18H34N2O3. The Morgan fingerprint density at radius 2 is 1.96 bits per heavy atom. The molecule has 23 heavy (non-hydrogen) atoms. The average Bonchev–Trinajstić information content (AvgIpc) is 2.55. The largest absolute Gasteiger partial charge is 0.385 e. The highest BCUT2D eigenvalue weighted by Gasteiger charge is 2.32. The van der Waals surface area contributed by atoms with E-state index in [1.165, 1.54) is 6.42 Å². The van der Waals surface area contributed by atoms with Crippen LogP contribution in [0.25, 0.3) is 0 Å². The van der Waals surface area contributed by atoms with E-state index < -0.39 is 6.04 Å². The molecule has 0 heterocycles. The van der Waals surface area contributed by atoms with Gasteiger partial charge in [0, 0.05) is 26.2 Å². The van der Waals surface area contributed by atoms with E-state index in [1.54, 1.807) is 7.11 Å². The highest BCUT2D eigenvalue weighted by molar-refractivity contribution is 5.88. The van der Waals surface area contributed by atoms with Crippen molar-refractivity contribution in [3.05, 3.63) is 0 Å². The molecule has 0 bridgehead atoms. The van der Waals surface area contributed by atoms with Crippen LogP contribution in [-0.2, 0) is 14.3 Å². The van der Waals surface area contributed by atoms with E-state index in [2.05, 4.69) is 17.6 Å². The van der Waals surface area contributed by atoms with E-state index in [4.69, 9.17) is 4.74 Å². The lowest BCUT2D eigenvalue weighted by Crippen LogP contribution is -2.52. The second-order valence-electron chi connectivity index (χ2n) is 6.88. The lowest BCUT2D eigenvalue weighted by molar-refractivity contribution is -0.133. The quantitative estimate of drug-likeness (QED) is 0.640. The van der Waals surface area contributed by atoms with Gasteiger partial charge in [0.2, 0.25) is 11.8 Å². The summed E-state index contributed by atoms with van der Waals surface area (Å²) in [5.74, 6) is 0.560. The summed E-state index contributed by atoms with van der Waals surface area (Å²) in [6.45, 7) is 7.41. The highest BCUT2D eigenvalue weighted by Crippen LogP contribution is 2.29. The van der Waals surface area contributed by atoms with Gasteiger partial charge >= 0.3 is 0 Å². The number of hydrogen-bond acceptors (Lipinski definition) is 3. The predicted molar refractivity (Wildman–Crippen MR) is 92.0 cm³/mol. The van der Waals surface area contributed by atoms with Crippen LogP contribution < -0.4 is 10.6 Å². The standard InChI is InChI=1S/C18H34N2O3/c1-5-13(2)16(18(22)19-11-8-12-23-4)20-17(21)15-10-7-6-9-14(15)3/h13-16H,5-12H2,1-4H3,(H,19,22)(H,20,21). The molecule has 0 saturated heterocycles. The molecule has 1 rings (SSSR count).